The second kappa shape index (κ2) is 5.71. The van der Waals surface area contributed by atoms with E-state index in [-0.39, 0.29) is 11.3 Å². The first-order chi connectivity index (χ1) is 9.11. The van der Waals surface area contributed by atoms with E-state index in [0.29, 0.717) is 11.6 Å². The quantitative estimate of drug-likeness (QED) is 0.809. The summed E-state index contributed by atoms with van der Waals surface area (Å²) < 4.78 is 6.04. The van der Waals surface area contributed by atoms with Gasteiger partial charge in [-0.2, -0.15) is 0 Å². The van der Waals surface area contributed by atoms with E-state index in [9.17, 15) is 9.59 Å². The van der Waals surface area contributed by atoms with E-state index in [1.807, 2.05) is 12.1 Å². The molecule has 1 aromatic carbocycles. The van der Waals surface area contributed by atoms with Gasteiger partial charge in [-0.15, -0.1) is 0 Å². The fraction of sp³-hybridized carbons (Fsp3) is 0.143. The molecule has 98 valence electrons. The van der Waals surface area contributed by atoms with Crippen LogP contribution in [0, 0.1) is 0 Å². The van der Waals surface area contributed by atoms with Crippen LogP contribution in [0.2, 0.25) is 5.02 Å². The Kier molecular flexibility index (Phi) is 4.02. The number of methoxy groups -OCH3 is 1. The van der Waals surface area contributed by atoms with Crippen molar-refractivity contribution in [2.24, 2.45) is 0 Å². The molecule has 0 amide bonds. The lowest BCUT2D eigenvalue weighted by Gasteiger charge is -2.10. The van der Waals surface area contributed by atoms with Gasteiger partial charge in [-0.1, -0.05) is 29.8 Å². The molecule has 0 aliphatic heterocycles. The molecule has 0 fully saturated rings. The van der Waals surface area contributed by atoms with Gasteiger partial charge in [-0.3, -0.25) is 9.36 Å². The van der Waals surface area contributed by atoms with Crippen LogP contribution in [0.15, 0.2) is 47.3 Å². The number of rotatable bonds is 3. The SMILES string of the molecule is COC(=O)c1cccc(=O)n1Cc1ccc(Cl)cc1. The summed E-state index contributed by atoms with van der Waals surface area (Å²) in [6.07, 6.45) is 0. The molecule has 0 spiro atoms. The van der Waals surface area contributed by atoms with Gasteiger partial charge in [-0.05, 0) is 23.8 Å². The van der Waals surface area contributed by atoms with Crippen LogP contribution in [0.4, 0.5) is 0 Å². The normalized spacial score (nSPS) is 10.2. The molecule has 4 nitrogen and oxygen atoms in total. The first kappa shape index (κ1) is 13.4. The molecular formula is C14H12ClNO3. The van der Waals surface area contributed by atoms with Gasteiger partial charge in [0.2, 0.25) is 0 Å². The summed E-state index contributed by atoms with van der Waals surface area (Å²) in [7, 11) is 1.28. The number of carbonyl (C=O) groups excluding carboxylic acids is 1. The zero-order valence-corrected chi connectivity index (χ0v) is 11.1. The van der Waals surface area contributed by atoms with Crippen LogP contribution in [0.25, 0.3) is 0 Å². The lowest BCUT2D eigenvalue weighted by atomic mass is 10.2. The van der Waals surface area contributed by atoms with E-state index in [1.54, 1.807) is 18.2 Å². The number of esters is 1. The van der Waals surface area contributed by atoms with Crippen LogP contribution in [0.3, 0.4) is 0 Å². The van der Waals surface area contributed by atoms with Gasteiger partial charge in [-0.25, -0.2) is 4.79 Å². The summed E-state index contributed by atoms with van der Waals surface area (Å²) in [6, 6.07) is 11.6. The highest BCUT2D eigenvalue weighted by Gasteiger charge is 2.12. The van der Waals surface area contributed by atoms with Crippen molar-refractivity contribution in [3.8, 4) is 0 Å². The van der Waals surface area contributed by atoms with Crippen molar-refractivity contribution in [3.63, 3.8) is 0 Å². The molecule has 0 saturated carbocycles. The van der Waals surface area contributed by atoms with E-state index in [2.05, 4.69) is 4.74 Å². The van der Waals surface area contributed by atoms with Gasteiger partial charge in [0.15, 0.2) is 0 Å². The fourth-order valence-electron chi connectivity index (χ4n) is 1.74. The standard InChI is InChI=1S/C14H12ClNO3/c1-19-14(18)12-3-2-4-13(17)16(12)9-10-5-7-11(15)8-6-10/h2-8H,9H2,1H3. The highest BCUT2D eigenvalue weighted by molar-refractivity contribution is 6.30. The summed E-state index contributed by atoms with van der Waals surface area (Å²) in [6.45, 7) is 0.293. The number of nitrogens with zero attached hydrogens (tertiary/aromatic N) is 1. The van der Waals surface area contributed by atoms with Gasteiger partial charge in [0.1, 0.15) is 5.69 Å². The minimum atomic E-state index is -0.535. The van der Waals surface area contributed by atoms with Crippen molar-refractivity contribution in [3.05, 3.63) is 69.1 Å². The van der Waals surface area contributed by atoms with Crippen LogP contribution in [0.1, 0.15) is 16.1 Å². The zero-order valence-electron chi connectivity index (χ0n) is 10.3. The summed E-state index contributed by atoms with van der Waals surface area (Å²) >= 11 is 5.81. The molecule has 19 heavy (non-hydrogen) atoms. The Morgan fingerprint density at radius 3 is 2.53 bits per heavy atom. The number of hydrogen-bond acceptors (Lipinski definition) is 3. The minimum Gasteiger partial charge on any atom is -0.464 e. The third-order valence-electron chi connectivity index (χ3n) is 2.70. The van der Waals surface area contributed by atoms with Gasteiger partial charge in [0.05, 0.1) is 13.7 Å². The van der Waals surface area contributed by atoms with Crippen molar-refractivity contribution < 1.29 is 9.53 Å². The third-order valence-corrected chi connectivity index (χ3v) is 2.95. The predicted molar refractivity (Wildman–Crippen MR) is 72.6 cm³/mol. The molecule has 0 bridgehead atoms. The highest BCUT2D eigenvalue weighted by atomic mass is 35.5. The molecule has 0 unspecified atom stereocenters. The summed E-state index contributed by atoms with van der Waals surface area (Å²) in [5.41, 5.74) is 0.852. The molecule has 2 rings (SSSR count). The fourth-order valence-corrected chi connectivity index (χ4v) is 1.86. The Morgan fingerprint density at radius 1 is 1.21 bits per heavy atom. The first-order valence-electron chi connectivity index (χ1n) is 5.64. The van der Waals surface area contributed by atoms with Crippen LogP contribution in [-0.4, -0.2) is 17.6 Å². The topological polar surface area (TPSA) is 48.3 Å². The lowest BCUT2D eigenvalue weighted by Crippen LogP contribution is -2.26. The molecule has 5 heteroatoms. The Labute approximate surface area is 115 Å². The number of benzene rings is 1. The Morgan fingerprint density at radius 2 is 1.89 bits per heavy atom. The van der Waals surface area contributed by atoms with E-state index in [4.69, 9.17) is 11.6 Å². The van der Waals surface area contributed by atoms with Crippen LogP contribution >= 0.6 is 11.6 Å². The molecular weight excluding hydrogens is 266 g/mol. The van der Waals surface area contributed by atoms with Crippen LogP contribution in [-0.2, 0) is 11.3 Å². The average molecular weight is 278 g/mol. The van der Waals surface area contributed by atoms with E-state index in [1.165, 1.54) is 23.8 Å². The van der Waals surface area contributed by atoms with E-state index >= 15 is 0 Å². The molecule has 0 aliphatic rings. The highest BCUT2D eigenvalue weighted by Crippen LogP contribution is 2.11. The summed E-state index contributed by atoms with van der Waals surface area (Å²) in [5.74, 6) is -0.535. The molecule has 0 radical (unpaired) electrons. The van der Waals surface area contributed by atoms with Gasteiger partial charge < -0.3 is 4.74 Å². The van der Waals surface area contributed by atoms with Crippen LogP contribution < -0.4 is 5.56 Å². The third kappa shape index (κ3) is 3.03. The lowest BCUT2D eigenvalue weighted by molar-refractivity contribution is 0.0587. The van der Waals surface area contributed by atoms with Gasteiger partial charge >= 0.3 is 5.97 Å². The number of ether oxygens (including phenoxy) is 1. The van der Waals surface area contributed by atoms with Crippen molar-refractivity contribution >= 4 is 17.6 Å². The minimum absolute atomic E-state index is 0.227. The Bertz CT molecular complexity index is 646. The second-order valence-corrected chi connectivity index (χ2v) is 4.39. The maximum Gasteiger partial charge on any atom is 0.354 e. The van der Waals surface area contributed by atoms with Crippen molar-refractivity contribution in [2.75, 3.05) is 7.11 Å². The molecule has 0 aliphatic carbocycles. The van der Waals surface area contributed by atoms with Gasteiger partial charge in [0.25, 0.3) is 5.56 Å². The molecule has 0 saturated heterocycles. The van der Waals surface area contributed by atoms with Crippen molar-refractivity contribution in [1.82, 2.24) is 4.57 Å². The average Bonchev–Trinajstić information content (AvgIpc) is 2.42. The maximum absolute atomic E-state index is 11.9. The van der Waals surface area contributed by atoms with Crippen molar-refractivity contribution in [2.45, 2.75) is 6.54 Å². The predicted octanol–water partition coefficient (Wildman–Crippen LogP) is 2.34. The monoisotopic (exact) mass is 277 g/mol. The molecule has 0 atom stereocenters. The molecule has 1 heterocycles. The molecule has 2 aromatic rings. The maximum atomic E-state index is 11.9. The Hall–Kier alpha value is -2.07. The first-order valence-corrected chi connectivity index (χ1v) is 6.02. The number of pyridine rings is 1. The Balaban J connectivity index is 2.41. The molecule has 1 aromatic heterocycles. The van der Waals surface area contributed by atoms with Crippen molar-refractivity contribution in [1.29, 1.82) is 0 Å². The van der Waals surface area contributed by atoms with Crippen LogP contribution in [0.5, 0.6) is 0 Å². The number of halogens is 1. The number of carbonyl (C=O) groups is 1. The summed E-state index contributed by atoms with van der Waals surface area (Å²) in [4.78, 5) is 23.5. The summed E-state index contributed by atoms with van der Waals surface area (Å²) in [5, 5.41) is 0.623. The smallest absolute Gasteiger partial charge is 0.354 e. The number of aromatic nitrogens is 1. The number of hydrogen-bond donors (Lipinski definition) is 0. The zero-order chi connectivity index (χ0) is 13.8. The van der Waals surface area contributed by atoms with Gasteiger partial charge in [0, 0.05) is 11.1 Å². The van der Waals surface area contributed by atoms with E-state index < -0.39 is 5.97 Å². The molecule has 0 N–H and O–H groups in total. The largest absolute Gasteiger partial charge is 0.464 e. The second-order valence-electron chi connectivity index (χ2n) is 3.95. The van der Waals surface area contributed by atoms with E-state index in [0.717, 1.165) is 5.56 Å².